The summed E-state index contributed by atoms with van der Waals surface area (Å²) in [6.45, 7) is 1.88. The van der Waals surface area contributed by atoms with Gasteiger partial charge in [-0.25, -0.2) is 8.42 Å². The molecule has 0 aromatic heterocycles. The maximum absolute atomic E-state index is 11.2. The monoisotopic (exact) mass is 258 g/mol. The molecule has 0 aromatic carbocycles. The normalized spacial score (nSPS) is 28.1. The highest BCUT2D eigenvalue weighted by atomic mass is 32.2. The molecule has 3 atom stereocenters. The van der Waals surface area contributed by atoms with Crippen LogP contribution >= 0.6 is 0 Å². The Labute approximate surface area is 104 Å². The lowest BCUT2D eigenvalue weighted by Crippen LogP contribution is -2.43. The van der Waals surface area contributed by atoms with Gasteiger partial charge in [0.05, 0.1) is 17.7 Å². The quantitative estimate of drug-likeness (QED) is 0.775. The lowest BCUT2D eigenvalue weighted by Gasteiger charge is -2.24. The Morgan fingerprint density at radius 2 is 2.00 bits per heavy atom. The van der Waals surface area contributed by atoms with Gasteiger partial charge < -0.3 is 5.32 Å². The number of hydrogen-bond donors (Lipinski definition) is 1. The van der Waals surface area contributed by atoms with Crippen molar-refractivity contribution in [3.8, 4) is 6.07 Å². The summed E-state index contributed by atoms with van der Waals surface area (Å²) >= 11 is 0. The molecule has 1 aliphatic carbocycles. The molecule has 0 radical (unpaired) electrons. The van der Waals surface area contributed by atoms with Crippen molar-refractivity contribution in [2.45, 2.75) is 51.1 Å². The molecule has 5 heteroatoms. The Hall–Kier alpha value is -0.600. The van der Waals surface area contributed by atoms with Crippen LogP contribution < -0.4 is 5.32 Å². The number of sulfone groups is 1. The summed E-state index contributed by atoms with van der Waals surface area (Å²) in [7, 11) is -2.95. The summed E-state index contributed by atoms with van der Waals surface area (Å²) in [5.74, 6) is 0.168. The van der Waals surface area contributed by atoms with Crippen molar-refractivity contribution < 1.29 is 8.42 Å². The second-order valence-corrected chi connectivity index (χ2v) is 7.33. The van der Waals surface area contributed by atoms with Crippen LogP contribution in [-0.2, 0) is 9.84 Å². The zero-order valence-corrected chi connectivity index (χ0v) is 11.5. The summed E-state index contributed by atoms with van der Waals surface area (Å²) in [5, 5.41) is 12.4. The first kappa shape index (κ1) is 14.5. The second-order valence-electron chi connectivity index (χ2n) is 5.14. The van der Waals surface area contributed by atoms with E-state index < -0.39 is 9.84 Å². The molecule has 3 unspecified atom stereocenters. The van der Waals surface area contributed by atoms with Gasteiger partial charge in [0, 0.05) is 18.3 Å². The Kier molecular flexibility index (Phi) is 5.41. The summed E-state index contributed by atoms with van der Waals surface area (Å²) in [5.41, 5.74) is 0. The fourth-order valence-electron chi connectivity index (χ4n) is 2.53. The number of nitrogens with one attached hydrogen (secondary N) is 1. The van der Waals surface area contributed by atoms with Crippen molar-refractivity contribution in [1.29, 1.82) is 5.26 Å². The van der Waals surface area contributed by atoms with Crippen LogP contribution in [0.5, 0.6) is 0 Å². The van der Waals surface area contributed by atoms with Gasteiger partial charge in [-0.2, -0.15) is 5.26 Å². The first-order valence-corrected chi connectivity index (χ1v) is 8.32. The molecule has 1 saturated carbocycles. The first-order valence-electron chi connectivity index (χ1n) is 6.26. The van der Waals surface area contributed by atoms with Gasteiger partial charge in [0.25, 0.3) is 0 Å². The van der Waals surface area contributed by atoms with Gasteiger partial charge >= 0.3 is 0 Å². The van der Waals surface area contributed by atoms with Crippen LogP contribution in [0.2, 0.25) is 0 Å². The van der Waals surface area contributed by atoms with E-state index in [1.807, 2.05) is 6.92 Å². The fraction of sp³-hybridized carbons (Fsp3) is 0.917. The molecule has 0 saturated heterocycles. The molecule has 0 aliphatic heterocycles. The fourth-order valence-corrected chi connectivity index (χ4v) is 3.53. The lowest BCUT2D eigenvalue weighted by molar-refractivity contribution is 0.368. The first-order chi connectivity index (χ1) is 7.92. The number of hydrogen-bond acceptors (Lipinski definition) is 4. The minimum Gasteiger partial charge on any atom is -0.309 e. The highest BCUT2D eigenvalue weighted by molar-refractivity contribution is 7.90. The van der Waals surface area contributed by atoms with Gasteiger partial charge in [0.15, 0.2) is 0 Å². The Bertz CT molecular complexity index is 372. The van der Waals surface area contributed by atoms with Crippen LogP contribution in [0.25, 0.3) is 0 Å². The largest absolute Gasteiger partial charge is 0.309 e. The summed E-state index contributed by atoms with van der Waals surface area (Å²) in [4.78, 5) is 0. The van der Waals surface area contributed by atoms with Crippen molar-refractivity contribution in [3.05, 3.63) is 0 Å². The van der Waals surface area contributed by atoms with Crippen LogP contribution in [0.4, 0.5) is 0 Å². The second kappa shape index (κ2) is 6.36. The molecule has 1 fully saturated rings. The van der Waals surface area contributed by atoms with E-state index in [1.165, 1.54) is 12.7 Å². The zero-order valence-electron chi connectivity index (χ0n) is 10.6. The van der Waals surface area contributed by atoms with Gasteiger partial charge in [-0.05, 0) is 19.8 Å². The van der Waals surface area contributed by atoms with E-state index in [-0.39, 0.29) is 23.8 Å². The van der Waals surface area contributed by atoms with E-state index in [2.05, 4.69) is 11.4 Å². The minimum absolute atomic E-state index is 0.0273. The molecular formula is C12H22N2O2S. The van der Waals surface area contributed by atoms with E-state index in [0.29, 0.717) is 0 Å². The SMILES string of the molecule is CC(CS(C)(=O)=O)NC1CCCCCC1C#N. The summed E-state index contributed by atoms with van der Waals surface area (Å²) < 4.78 is 22.4. The van der Waals surface area contributed by atoms with Crippen LogP contribution in [0, 0.1) is 17.2 Å². The van der Waals surface area contributed by atoms with Crippen molar-refractivity contribution in [1.82, 2.24) is 5.32 Å². The smallest absolute Gasteiger partial charge is 0.148 e. The number of rotatable bonds is 4. The Morgan fingerprint density at radius 3 is 2.59 bits per heavy atom. The van der Waals surface area contributed by atoms with Gasteiger partial charge in [-0.3, -0.25) is 0 Å². The zero-order chi connectivity index (χ0) is 12.9. The number of nitrogens with zero attached hydrogens (tertiary/aromatic N) is 1. The molecule has 98 valence electrons. The highest BCUT2D eigenvalue weighted by Gasteiger charge is 2.25. The van der Waals surface area contributed by atoms with E-state index >= 15 is 0 Å². The topological polar surface area (TPSA) is 70.0 Å². The van der Waals surface area contributed by atoms with Gasteiger partial charge in [-0.1, -0.05) is 19.3 Å². The van der Waals surface area contributed by atoms with Crippen LogP contribution in [0.1, 0.15) is 39.0 Å². The molecule has 4 nitrogen and oxygen atoms in total. The van der Waals surface area contributed by atoms with Crippen LogP contribution in [0.3, 0.4) is 0 Å². The van der Waals surface area contributed by atoms with Crippen LogP contribution in [0.15, 0.2) is 0 Å². The molecular weight excluding hydrogens is 236 g/mol. The summed E-state index contributed by atoms with van der Waals surface area (Å²) in [6, 6.07) is 2.42. The lowest BCUT2D eigenvalue weighted by atomic mass is 9.96. The Balaban J connectivity index is 2.55. The molecule has 0 aromatic rings. The minimum atomic E-state index is -2.95. The molecule has 1 N–H and O–H groups in total. The van der Waals surface area contributed by atoms with E-state index in [9.17, 15) is 8.42 Å². The van der Waals surface area contributed by atoms with E-state index in [1.54, 1.807) is 0 Å². The molecule has 17 heavy (non-hydrogen) atoms. The van der Waals surface area contributed by atoms with Crippen molar-refractivity contribution >= 4 is 9.84 Å². The van der Waals surface area contributed by atoms with Crippen molar-refractivity contribution in [2.24, 2.45) is 5.92 Å². The molecule has 0 heterocycles. The highest BCUT2D eigenvalue weighted by Crippen LogP contribution is 2.23. The Morgan fingerprint density at radius 1 is 1.35 bits per heavy atom. The van der Waals surface area contributed by atoms with Crippen molar-refractivity contribution in [2.75, 3.05) is 12.0 Å². The average Bonchev–Trinajstić information content (AvgIpc) is 2.39. The maximum atomic E-state index is 11.2. The molecule has 0 spiro atoms. The molecule has 1 rings (SSSR count). The third-order valence-corrected chi connectivity index (χ3v) is 4.34. The maximum Gasteiger partial charge on any atom is 0.148 e. The third kappa shape index (κ3) is 5.51. The van der Waals surface area contributed by atoms with E-state index in [4.69, 9.17) is 5.26 Å². The van der Waals surface area contributed by atoms with Gasteiger partial charge in [-0.15, -0.1) is 0 Å². The van der Waals surface area contributed by atoms with Crippen molar-refractivity contribution in [3.63, 3.8) is 0 Å². The average molecular weight is 258 g/mol. The number of nitriles is 1. The standard InChI is InChI=1S/C12H22N2O2S/c1-10(9-17(2,15)16)14-12-7-5-3-4-6-11(12)8-13/h10-12,14H,3-7,9H2,1-2H3. The molecule has 1 aliphatic rings. The predicted octanol–water partition coefficient (Wildman–Crippen LogP) is 1.48. The van der Waals surface area contributed by atoms with Crippen LogP contribution in [-0.4, -0.2) is 32.5 Å². The summed E-state index contributed by atoms with van der Waals surface area (Å²) in [6.07, 6.45) is 6.57. The molecule has 0 amide bonds. The van der Waals surface area contributed by atoms with E-state index in [0.717, 1.165) is 25.7 Å². The van der Waals surface area contributed by atoms with Gasteiger partial charge in [0.2, 0.25) is 0 Å². The third-order valence-electron chi connectivity index (χ3n) is 3.23. The van der Waals surface area contributed by atoms with Gasteiger partial charge in [0.1, 0.15) is 9.84 Å². The molecule has 0 bridgehead atoms. The predicted molar refractivity (Wildman–Crippen MR) is 68.3 cm³/mol.